The van der Waals surface area contributed by atoms with Crippen molar-refractivity contribution < 1.29 is 4.79 Å². The van der Waals surface area contributed by atoms with Crippen molar-refractivity contribution in [2.24, 2.45) is 5.92 Å². The minimum atomic E-state index is -0.250. The van der Waals surface area contributed by atoms with Gasteiger partial charge in [-0.05, 0) is 44.7 Å². The van der Waals surface area contributed by atoms with Gasteiger partial charge in [0.15, 0.2) is 0 Å². The molecule has 1 aliphatic rings. The van der Waals surface area contributed by atoms with Crippen LogP contribution in [0.1, 0.15) is 37.2 Å². The summed E-state index contributed by atoms with van der Waals surface area (Å²) in [5, 5.41) is 3.49. The van der Waals surface area contributed by atoms with Crippen molar-refractivity contribution >= 4 is 23.2 Å². The maximum absolute atomic E-state index is 13.2. The molecule has 0 spiro atoms. The molecule has 0 atom stereocenters. The lowest BCUT2D eigenvalue weighted by atomic mass is 10.1. The molecule has 1 saturated carbocycles. The van der Waals surface area contributed by atoms with Gasteiger partial charge in [-0.25, -0.2) is 4.98 Å². The molecule has 3 aromatic rings. The zero-order valence-electron chi connectivity index (χ0n) is 16.5. The maximum atomic E-state index is 13.2. The number of imidazole rings is 1. The molecule has 1 aliphatic carbocycles. The van der Waals surface area contributed by atoms with Gasteiger partial charge in [0.25, 0.3) is 11.5 Å². The Morgan fingerprint density at radius 3 is 2.79 bits per heavy atom. The van der Waals surface area contributed by atoms with Crippen molar-refractivity contribution in [1.29, 1.82) is 0 Å². The lowest BCUT2D eigenvalue weighted by Crippen LogP contribution is -2.26. The zero-order chi connectivity index (χ0) is 20.5. The molecule has 1 fully saturated rings. The molecular formula is C22H23ClN4O2. The molecule has 1 amide bonds. The molecule has 0 unspecified atom stereocenters. The summed E-state index contributed by atoms with van der Waals surface area (Å²) in [5.41, 5.74) is 2.88. The largest absolute Gasteiger partial charge is 0.350 e. The Balaban J connectivity index is 1.81. The molecule has 4 rings (SSSR count). The molecule has 7 heteroatoms. The normalized spacial score (nSPS) is 13.5. The van der Waals surface area contributed by atoms with Crippen molar-refractivity contribution in [3.05, 3.63) is 69.4 Å². The third-order valence-electron chi connectivity index (χ3n) is 5.00. The van der Waals surface area contributed by atoms with Crippen molar-refractivity contribution in [2.45, 2.75) is 33.2 Å². The van der Waals surface area contributed by atoms with Crippen LogP contribution in [0.4, 0.5) is 0 Å². The van der Waals surface area contributed by atoms with Crippen LogP contribution in [0, 0.1) is 5.92 Å². The molecule has 29 heavy (non-hydrogen) atoms. The first-order valence-electron chi connectivity index (χ1n) is 9.72. The highest BCUT2D eigenvalue weighted by Gasteiger charge is 2.23. The summed E-state index contributed by atoms with van der Waals surface area (Å²) in [6.07, 6.45) is 7.73. The van der Waals surface area contributed by atoms with Gasteiger partial charge in [-0.2, -0.15) is 0 Å². The van der Waals surface area contributed by atoms with Gasteiger partial charge in [-0.3, -0.25) is 18.6 Å². The van der Waals surface area contributed by atoms with E-state index in [-0.39, 0.29) is 22.8 Å². The Kier molecular flexibility index (Phi) is 5.28. The average molecular weight is 411 g/mol. The van der Waals surface area contributed by atoms with Crippen LogP contribution in [-0.4, -0.2) is 26.4 Å². The fourth-order valence-corrected chi connectivity index (χ4v) is 3.36. The average Bonchev–Trinajstić information content (AvgIpc) is 3.41. The first-order valence-corrected chi connectivity index (χ1v) is 10.1. The molecule has 1 N–H and O–H groups in total. The summed E-state index contributed by atoms with van der Waals surface area (Å²) in [5.74, 6) is 0.326. The molecule has 0 bridgehead atoms. The third kappa shape index (κ3) is 4.27. The quantitative estimate of drug-likeness (QED) is 0.626. The number of carbonyl (C=O) groups excluding carboxylic acids is 1. The van der Waals surface area contributed by atoms with Crippen LogP contribution in [0.5, 0.6) is 0 Å². The van der Waals surface area contributed by atoms with Gasteiger partial charge in [-0.1, -0.05) is 35.4 Å². The number of hydrogen-bond donors (Lipinski definition) is 1. The second-order valence-electron chi connectivity index (χ2n) is 7.73. The van der Waals surface area contributed by atoms with Gasteiger partial charge in [0.2, 0.25) is 5.65 Å². The number of halogens is 1. The van der Waals surface area contributed by atoms with Gasteiger partial charge < -0.3 is 5.32 Å². The van der Waals surface area contributed by atoms with Crippen molar-refractivity contribution in [1.82, 2.24) is 19.3 Å². The van der Waals surface area contributed by atoms with E-state index in [9.17, 15) is 9.59 Å². The number of nitrogens with one attached hydrogen (secondary N) is 1. The van der Waals surface area contributed by atoms with E-state index in [0.29, 0.717) is 29.7 Å². The van der Waals surface area contributed by atoms with Gasteiger partial charge in [0.05, 0.1) is 5.69 Å². The Hall–Kier alpha value is -2.86. The maximum Gasteiger partial charge on any atom is 0.295 e. The van der Waals surface area contributed by atoms with Gasteiger partial charge in [0, 0.05) is 36.1 Å². The van der Waals surface area contributed by atoms with E-state index >= 15 is 0 Å². The highest BCUT2D eigenvalue weighted by atomic mass is 35.5. The molecule has 0 radical (unpaired) electrons. The Morgan fingerprint density at radius 1 is 1.31 bits per heavy atom. The summed E-state index contributed by atoms with van der Waals surface area (Å²) < 4.78 is 3.29. The van der Waals surface area contributed by atoms with Gasteiger partial charge in [0.1, 0.15) is 5.69 Å². The van der Waals surface area contributed by atoms with Gasteiger partial charge in [-0.15, -0.1) is 0 Å². The first-order chi connectivity index (χ1) is 13.9. The SMILES string of the molecule is CC(C)=CCn1c(-c2cccc(Cl)c2)cn2cc(C(=O)NCC3CC3)nc2c1=O. The third-order valence-corrected chi connectivity index (χ3v) is 5.24. The predicted molar refractivity (Wildman–Crippen MR) is 114 cm³/mol. The number of nitrogens with zero attached hydrogens (tertiary/aromatic N) is 3. The van der Waals surface area contributed by atoms with Crippen molar-refractivity contribution in [3.63, 3.8) is 0 Å². The Bertz CT molecular complexity index is 1170. The van der Waals surface area contributed by atoms with E-state index in [0.717, 1.165) is 24.0 Å². The summed E-state index contributed by atoms with van der Waals surface area (Å²) in [7, 11) is 0. The molecule has 150 valence electrons. The number of rotatable bonds is 6. The van der Waals surface area contributed by atoms with E-state index in [4.69, 9.17) is 11.6 Å². The second-order valence-corrected chi connectivity index (χ2v) is 8.17. The van der Waals surface area contributed by atoms with E-state index in [1.165, 1.54) is 0 Å². The number of fused-ring (bicyclic) bond motifs is 1. The van der Waals surface area contributed by atoms with Crippen LogP contribution < -0.4 is 10.9 Å². The van der Waals surface area contributed by atoms with E-state index < -0.39 is 0 Å². The van der Waals surface area contributed by atoms with Crippen LogP contribution in [0.2, 0.25) is 5.02 Å². The Labute approximate surface area is 173 Å². The van der Waals surface area contributed by atoms with E-state index in [1.807, 2.05) is 44.3 Å². The molecule has 1 aromatic carbocycles. The van der Waals surface area contributed by atoms with Crippen LogP contribution in [0.15, 0.2) is 53.1 Å². The lowest BCUT2D eigenvalue weighted by Gasteiger charge is -2.12. The summed E-state index contributed by atoms with van der Waals surface area (Å²) in [4.78, 5) is 30.0. The molecule has 0 saturated heterocycles. The number of hydrogen-bond acceptors (Lipinski definition) is 3. The molecule has 2 heterocycles. The molecule has 0 aliphatic heterocycles. The van der Waals surface area contributed by atoms with Crippen molar-refractivity contribution in [3.8, 4) is 11.3 Å². The summed E-state index contributed by atoms with van der Waals surface area (Å²) in [6.45, 7) is 5.04. The molecule has 6 nitrogen and oxygen atoms in total. The number of allylic oxidation sites excluding steroid dienone is 2. The van der Waals surface area contributed by atoms with Crippen LogP contribution in [0.3, 0.4) is 0 Å². The minimum absolute atomic E-state index is 0.231. The fraction of sp³-hybridized carbons (Fsp3) is 0.318. The lowest BCUT2D eigenvalue weighted by molar-refractivity contribution is 0.0947. The van der Waals surface area contributed by atoms with Gasteiger partial charge >= 0.3 is 0 Å². The Morgan fingerprint density at radius 2 is 2.10 bits per heavy atom. The number of amides is 1. The zero-order valence-corrected chi connectivity index (χ0v) is 17.2. The molecular weight excluding hydrogens is 388 g/mol. The monoisotopic (exact) mass is 410 g/mol. The van der Waals surface area contributed by atoms with E-state index in [1.54, 1.807) is 21.2 Å². The number of carbonyl (C=O) groups is 1. The second kappa shape index (κ2) is 7.87. The standard InChI is InChI=1S/C22H23ClN4O2/c1-14(2)8-9-27-19(16-4-3-5-17(23)10-16)13-26-12-18(25-20(26)22(27)29)21(28)24-11-15-6-7-15/h3-5,8,10,12-13,15H,6-7,9,11H2,1-2H3,(H,24,28). The fourth-order valence-electron chi connectivity index (χ4n) is 3.17. The topological polar surface area (TPSA) is 68.4 Å². The predicted octanol–water partition coefficient (Wildman–Crippen LogP) is 3.92. The van der Waals surface area contributed by atoms with E-state index in [2.05, 4.69) is 10.3 Å². The van der Waals surface area contributed by atoms with Crippen molar-refractivity contribution in [2.75, 3.05) is 6.54 Å². The summed E-state index contributed by atoms with van der Waals surface area (Å²) in [6, 6.07) is 7.37. The smallest absolute Gasteiger partial charge is 0.295 e. The van der Waals surface area contributed by atoms with Crippen LogP contribution >= 0.6 is 11.6 Å². The number of aromatic nitrogens is 3. The van der Waals surface area contributed by atoms with Crippen LogP contribution in [-0.2, 0) is 6.54 Å². The summed E-state index contributed by atoms with van der Waals surface area (Å²) >= 11 is 6.17. The highest BCUT2D eigenvalue weighted by Crippen LogP contribution is 2.27. The minimum Gasteiger partial charge on any atom is -0.350 e. The first kappa shape index (κ1) is 19.5. The highest BCUT2D eigenvalue weighted by molar-refractivity contribution is 6.30. The van der Waals surface area contributed by atoms with Crippen LogP contribution in [0.25, 0.3) is 16.9 Å². The molecule has 2 aromatic heterocycles. The number of benzene rings is 1.